The predicted molar refractivity (Wildman–Crippen MR) is 42.7 cm³/mol. The average Bonchev–Trinajstić information content (AvgIpc) is 2.03. The van der Waals surface area contributed by atoms with Gasteiger partial charge in [0.05, 0.1) is 12.5 Å². The zero-order valence-electron chi connectivity index (χ0n) is 7.16. The third-order valence-corrected chi connectivity index (χ3v) is 1.64. The van der Waals surface area contributed by atoms with Crippen LogP contribution in [0.2, 0.25) is 0 Å². The van der Waals surface area contributed by atoms with E-state index in [2.05, 4.69) is 4.74 Å². The summed E-state index contributed by atoms with van der Waals surface area (Å²) in [5.74, 6) is -1.19. The fourth-order valence-electron chi connectivity index (χ4n) is 0.998. The molecule has 0 aromatic rings. The molecule has 0 aliphatic rings. The number of carboxylic acid groups (broad SMARTS) is 1. The molecule has 0 spiro atoms. The molecule has 70 valence electrons. The molecule has 12 heavy (non-hydrogen) atoms. The van der Waals surface area contributed by atoms with Gasteiger partial charge in [-0.05, 0) is 12.8 Å². The van der Waals surface area contributed by atoms with Crippen LogP contribution in [0.5, 0.6) is 0 Å². The van der Waals surface area contributed by atoms with E-state index in [1.54, 1.807) is 0 Å². The number of carbonyl (C=O) groups excluding carboxylic acids is 1. The third kappa shape index (κ3) is 4.71. The minimum Gasteiger partial charge on any atom is -0.481 e. The Morgan fingerprint density at radius 3 is 2.67 bits per heavy atom. The van der Waals surface area contributed by atoms with Crippen LogP contribution < -0.4 is 0 Å². The lowest BCUT2D eigenvalue weighted by Gasteiger charge is -2.09. The molecule has 0 rings (SSSR count). The van der Waals surface area contributed by atoms with Crippen molar-refractivity contribution in [2.75, 3.05) is 6.61 Å². The Kier molecular flexibility index (Phi) is 6.05. The van der Waals surface area contributed by atoms with Crippen LogP contribution in [0.25, 0.3) is 0 Å². The van der Waals surface area contributed by atoms with Gasteiger partial charge in [-0.1, -0.05) is 13.3 Å². The highest BCUT2D eigenvalue weighted by Crippen LogP contribution is 2.10. The van der Waals surface area contributed by atoms with E-state index in [0.29, 0.717) is 19.3 Å². The number of hydrogen-bond acceptors (Lipinski definition) is 3. The van der Waals surface area contributed by atoms with Gasteiger partial charge in [-0.15, -0.1) is 0 Å². The first-order valence-electron chi connectivity index (χ1n) is 4.00. The zero-order chi connectivity index (χ0) is 9.40. The summed E-state index contributed by atoms with van der Waals surface area (Å²) < 4.78 is 4.42. The van der Waals surface area contributed by atoms with E-state index in [9.17, 15) is 9.59 Å². The van der Waals surface area contributed by atoms with Crippen LogP contribution in [0.4, 0.5) is 0 Å². The second-order valence-electron chi connectivity index (χ2n) is 2.58. The van der Waals surface area contributed by atoms with Crippen molar-refractivity contribution in [2.24, 2.45) is 5.92 Å². The smallest absolute Gasteiger partial charge is 0.306 e. The molecule has 0 aliphatic carbocycles. The van der Waals surface area contributed by atoms with E-state index >= 15 is 0 Å². The van der Waals surface area contributed by atoms with Crippen molar-refractivity contribution in [3.8, 4) is 0 Å². The molecule has 0 saturated carbocycles. The van der Waals surface area contributed by atoms with Crippen LogP contribution in [0, 0.1) is 5.92 Å². The lowest BCUT2D eigenvalue weighted by molar-refractivity contribution is -0.143. The Balaban J connectivity index is 3.63. The van der Waals surface area contributed by atoms with Crippen molar-refractivity contribution in [3.05, 3.63) is 0 Å². The van der Waals surface area contributed by atoms with Crippen LogP contribution in [-0.4, -0.2) is 24.2 Å². The van der Waals surface area contributed by atoms with E-state index in [-0.39, 0.29) is 12.5 Å². The first-order chi connectivity index (χ1) is 5.72. The zero-order valence-corrected chi connectivity index (χ0v) is 7.16. The van der Waals surface area contributed by atoms with Gasteiger partial charge in [0.25, 0.3) is 6.47 Å². The fourth-order valence-corrected chi connectivity index (χ4v) is 0.998. The minimum atomic E-state index is -0.814. The lowest BCUT2D eigenvalue weighted by Crippen LogP contribution is -2.15. The summed E-state index contributed by atoms with van der Waals surface area (Å²) in [6.07, 6.45) is 1.87. The molecule has 0 bridgehead atoms. The monoisotopic (exact) mass is 174 g/mol. The second kappa shape index (κ2) is 6.64. The molecule has 4 nitrogen and oxygen atoms in total. The van der Waals surface area contributed by atoms with Crippen molar-refractivity contribution >= 4 is 12.4 Å². The largest absolute Gasteiger partial charge is 0.481 e. The first kappa shape index (κ1) is 10.9. The maximum absolute atomic E-state index is 10.5. The van der Waals surface area contributed by atoms with Crippen molar-refractivity contribution < 1.29 is 19.4 Å². The Morgan fingerprint density at radius 1 is 1.58 bits per heavy atom. The molecule has 1 unspecified atom stereocenters. The molecule has 1 N–H and O–H groups in total. The van der Waals surface area contributed by atoms with E-state index in [1.807, 2.05) is 6.92 Å². The highest BCUT2D eigenvalue weighted by molar-refractivity contribution is 5.69. The molecule has 0 amide bonds. The van der Waals surface area contributed by atoms with Gasteiger partial charge < -0.3 is 9.84 Å². The van der Waals surface area contributed by atoms with Crippen molar-refractivity contribution in [2.45, 2.75) is 26.2 Å². The predicted octanol–water partition coefficient (Wildman–Crippen LogP) is 1.05. The van der Waals surface area contributed by atoms with Gasteiger partial charge in [-0.2, -0.15) is 0 Å². The van der Waals surface area contributed by atoms with E-state index in [4.69, 9.17) is 5.11 Å². The summed E-state index contributed by atoms with van der Waals surface area (Å²) in [6.45, 7) is 2.46. The number of aliphatic carboxylic acids is 1. The number of hydrogen-bond donors (Lipinski definition) is 1. The summed E-state index contributed by atoms with van der Waals surface area (Å²) >= 11 is 0. The highest BCUT2D eigenvalue weighted by atomic mass is 16.5. The first-order valence-corrected chi connectivity index (χ1v) is 4.00. The fraction of sp³-hybridized carbons (Fsp3) is 0.750. The molecule has 0 aliphatic heterocycles. The maximum Gasteiger partial charge on any atom is 0.306 e. The number of carboxylic acids is 1. The van der Waals surface area contributed by atoms with Crippen LogP contribution in [0.15, 0.2) is 0 Å². The van der Waals surface area contributed by atoms with Crippen LogP contribution >= 0.6 is 0 Å². The normalized spacial score (nSPS) is 12.1. The van der Waals surface area contributed by atoms with Gasteiger partial charge in [-0.25, -0.2) is 0 Å². The summed E-state index contributed by atoms with van der Waals surface area (Å²) in [5.41, 5.74) is 0. The van der Waals surface area contributed by atoms with Crippen molar-refractivity contribution in [1.82, 2.24) is 0 Å². The minimum absolute atomic E-state index is 0.195. The molecule has 0 aromatic carbocycles. The molecule has 0 fully saturated rings. The van der Waals surface area contributed by atoms with Crippen LogP contribution in [0.1, 0.15) is 26.2 Å². The maximum atomic E-state index is 10.5. The number of carbonyl (C=O) groups is 2. The van der Waals surface area contributed by atoms with E-state index in [1.165, 1.54) is 0 Å². The SMILES string of the molecule is CCCC(CCOC=O)C(=O)O. The van der Waals surface area contributed by atoms with Crippen molar-refractivity contribution in [1.29, 1.82) is 0 Å². The Morgan fingerprint density at radius 2 is 2.25 bits per heavy atom. The summed E-state index contributed by atoms with van der Waals surface area (Å²) in [4.78, 5) is 20.3. The van der Waals surface area contributed by atoms with Gasteiger partial charge in [0.2, 0.25) is 0 Å². The second-order valence-corrected chi connectivity index (χ2v) is 2.58. The van der Waals surface area contributed by atoms with E-state index in [0.717, 1.165) is 6.42 Å². The van der Waals surface area contributed by atoms with Gasteiger partial charge in [-0.3, -0.25) is 9.59 Å². The molecule has 4 heteroatoms. The lowest BCUT2D eigenvalue weighted by atomic mass is 10.0. The Labute approximate surface area is 71.5 Å². The topological polar surface area (TPSA) is 63.6 Å². The van der Waals surface area contributed by atoms with Gasteiger partial charge in [0.15, 0.2) is 0 Å². The Bertz CT molecular complexity index is 144. The molecule has 0 radical (unpaired) electrons. The van der Waals surface area contributed by atoms with Crippen molar-refractivity contribution in [3.63, 3.8) is 0 Å². The third-order valence-electron chi connectivity index (χ3n) is 1.64. The quantitative estimate of drug-likeness (QED) is 0.463. The molecule has 1 atom stereocenters. The number of rotatable bonds is 7. The van der Waals surface area contributed by atoms with E-state index < -0.39 is 5.97 Å². The average molecular weight is 174 g/mol. The van der Waals surface area contributed by atoms with Gasteiger partial charge in [0, 0.05) is 0 Å². The molecular formula is C8H14O4. The molecular weight excluding hydrogens is 160 g/mol. The number of ether oxygens (including phenoxy) is 1. The van der Waals surface area contributed by atoms with Gasteiger partial charge in [0.1, 0.15) is 0 Å². The van der Waals surface area contributed by atoms with Crippen LogP contribution in [-0.2, 0) is 14.3 Å². The highest BCUT2D eigenvalue weighted by Gasteiger charge is 2.15. The Hall–Kier alpha value is -1.06. The summed E-state index contributed by atoms with van der Waals surface area (Å²) in [7, 11) is 0. The molecule has 0 heterocycles. The summed E-state index contributed by atoms with van der Waals surface area (Å²) in [6, 6.07) is 0. The van der Waals surface area contributed by atoms with Crippen LogP contribution in [0.3, 0.4) is 0 Å². The molecule has 0 saturated heterocycles. The van der Waals surface area contributed by atoms with Gasteiger partial charge >= 0.3 is 5.97 Å². The standard InChI is InChI=1S/C8H14O4/c1-2-3-7(8(10)11)4-5-12-6-9/h6-7H,2-5H2,1H3,(H,10,11). The molecule has 0 aromatic heterocycles. The summed E-state index contributed by atoms with van der Waals surface area (Å²) in [5, 5.41) is 8.66.